The van der Waals surface area contributed by atoms with E-state index in [1.165, 1.54) is 0 Å². The first-order valence-electron chi connectivity index (χ1n) is 10.8. The number of piperazine rings is 1. The Morgan fingerprint density at radius 3 is 2.03 bits per heavy atom. The largest absolute Gasteiger partial charge is 0.497 e. The molecule has 0 N–H and O–H groups in total. The van der Waals surface area contributed by atoms with Crippen LogP contribution in [-0.2, 0) is 4.79 Å². The highest BCUT2D eigenvalue weighted by molar-refractivity contribution is 7.99. The van der Waals surface area contributed by atoms with Crippen molar-refractivity contribution in [2.24, 2.45) is 0 Å². The molecule has 0 aromatic heterocycles. The fourth-order valence-electron chi connectivity index (χ4n) is 4.05. The van der Waals surface area contributed by atoms with E-state index < -0.39 is 6.04 Å². The summed E-state index contributed by atoms with van der Waals surface area (Å²) in [5.74, 6) is 1.87. The lowest BCUT2D eigenvalue weighted by molar-refractivity contribution is -0.136. The molecule has 4 rings (SSSR count). The molecule has 9 heteroatoms. The molecule has 8 nitrogen and oxygen atoms in total. The number of rotatable bonds is 5. The molecule has 0 radical (unpaired) electrons. The van der Waals surface area contributed by atoms with Crippen LogP contribution in [0.25, 0.3) is 0 Å². The Balaban J connectivity index is 1.39. The molecule has 0 aliphatic carbocycles. The number of ether oxygens (including phenoxy) is 2. The van der Waals surface area contributed by atoms with Gasteiger partial charge in [-0.2, -0.15) is 0 Å². The summed E-state index contributed by atoms with van der Waals surface area (Å²) in [6.45, 7) is 1.72. The van der Waals surface area contributed by atoms with Crippen molar-refractivity contribution in [3.8, 4) is 11.5 Å². The third-order valence-electron chi connectivity index (χ3n) is 5.93. The van der Waals surface area contributed by atoms with Crippen LogP contribution in [0.15, 0.2) is 48.5 Å². The number of nitrogens with zero attached hydrogens (tertiary/aromatic N) is 3. The maximum absolute atomic E-state index is 13.2. The normalized spacial score (nSPS) is 18.2. The van der Waals surface area contributed by atoms with Crippen molar-refractivity contribution in [1.82, 2.24) is 14.7 Å². The standard InChI is InChI=1S/C24H27N3O5S/c1-31-19-12-18(13-20(14-19)32-2)22(28)25-8-10-26(11-9-25)24(30)21-15-33-16-27(21)23(29)17-6-4-3-5-7-17/h3-7,12-14,21H,8-11,15-16H2,1-2H3/t21-/m0/s1. The summed E-state index contributed by atoms with van der Waals surface area (Å²) in [4.78, 5) is 44.3. The second-order valence-electron chi connectivity index (χ2n) is 7.88. The molecule has 0 unspecified atom stereocenters. The lowest BCUT2D eigenvalue weighted by Crippen LogP contribution is -2.56. The van der Waals surface area contributed by atoms with Gasteiger partial charge in [0.05, 0.1) is 20.1 Å². The van der Waals surface area contributed by atoms with Gasteiger partial charge >= 0.3 is 0 Å². The molecule has 2 heterocycles. The average molecular weight is 470 g/mol. The number of hydrogen-bond donors (Lipinski definition) is 0. The molecule has 2 aliphatic rings. The zero-order valence-corrected chi connectivity index (χ0v) is 19.5. The summed E-state index contributed by atoms with van der Waals surface area (Å²) >= 11 is 1.58. The van der Waals surface area contributed by atoms with Crippen molar-refractivity contribution in [3.63, 3.8) is 0 Å². The van der Waals surface area contributed by atoms with Crippen molar-refractivity contribution >= 4 is 29.5 Å². The van der Waals surface area contributed by atoms with Gasteiger partial charge in [-0.25, -0.2) is 0 Å². The molecule has 0 saturated carbocycles. The van der Waals surface area contributed by atoms with E-state index >= 15 is 0 Å². The zero-order valence-electron chi connectivity index (χ0n) is 18.7. The van der Waals surface area contributed by atoms with Gasteiger partial charge in [-0.3, -0.25) is 14.4 Å². The Morgan fingerprint density at radius 1 is 0.818 bits per heavy atom. The summed E-state index contributed by atoms with van der Waals surface area (Å²) in [5.41, 5.74) is 1.07. The molecule has 2 aromatic rings. The first-order chi connectivity index (χ1) is 16.0. The van der Waals surface area contributed by atoms with E-state index in [2.05, 4.69) is 0 Å². The minimum absolute atomic E-state index is 0.0561. The molecule has 2 aromatic carbocycles. The highest BCUT2D eigenvalue weighted by Crippen LogP contribution is 2.26. The highest BCUT2D eigenvalue weighted by atomic mass is 32.2. The van der Waals surface area contributed by atoms with Crippen LogP contribution >= 0.6 is 11.8 Å². The van der Waals surface area contributed by atoms with Gasteiger partial charge < -0.3 is 24.2 Å². The lowest BCUT2D eigenvalue weighted by Gasteiger charge is -2.37. The molecule has 174 valence electrons. The van der Waals surface area contributed by atoms with Crippen LogP contribution in [0.4, 0.5) is 0 Å². The summed E-state index contributed by atoms with van der Waals surface area (Å²) < 4.78 is 10.5. The van der Waals surface area contributed by atoms with Gasteiger partial charge in [0.25, 0.3) is 11.8 Å². The minimum Gasteiger partial charge on any atom is -0.497 e. The number of carbonyl (C=O) groups excluding carboxylic acids is 3. The number of carbonyl (C=O) groups is 3. The van der Waals surface area contributed by atoms with Gasteiger partial charge in [0.1, 0.15) is 17.5 Å². The Kier molecular flexibility index (Phi) is 7.08. The molecule has 2 saturated heterocycles. The Morgan fingerprint density at radius 2 is 1.42 bits per heavy atom. The van der Waals surface area contributed by atoms with E-state index in [0.717, 1.165) is 0 Å². The number of benzene rings is 2. The van der Waals surface area contributed by atoms with Crippen LogP contribution in [0.3, 0.4) is 0 Å². The van der Waals surface area contributed by atoms with Crippen molar-refractivity contribution in [2.45, 2.75) is 6.04 Å². The Labute approximate surface area is 197 Å². The molecule has 1 atom stereocenters. The summed E-state index contributed by atoms with van der Waals surface area (Å²) in [5, 5.41) is 0. The van der Waals surface area contributed by atoms with E-state index in [0.29, 0.717) is 60.4 Å². The zero-order chi connectivity index (χ0) is 23.4. The second kappa shape index (κ2) is 10.2. The first-order valence-corrected chi connectivity index (χ1v) is 11.9. The molecule has 33 heavy (non-hydrogen) atoms. The fourth-order valence-corrected chi connectivity index (χ4v) is 5.19. The second-order valence-corrected chi connectivity index (χ2v) is 8.88. The van der Waals surface area contributed by atoms with Gasteiger partial charge in [0.2, 0.25) is 5.91 Å². The highest BCUT2D eigenvalue weighted by Gasteiger charge is 2.38. The van der Waals surface area contributed by atoms with Gasteiger partial charge in [-0.05, 0) is 24.3 Å². The van der Waals surface area contributed by atoms with Crippen molar-refractivity contribution in [1.29, 1.82) is 0 Å². The van der Waals surface area contributed by atoms with Crippen LogP contribution < -0.4 is 9.47 Å². The van der Waals surface area contributed by atoms with E-state index in [9.17, 15) is 14.4 Å². The van der Waals surface area contributed by atoms with Gasteiger partial charge in [0.15, 0.2) is 0 Å². The molecular formula is C24H27N3O5S. The monoisotopic (exact) mass is 469 g/mol. The van der Waals surface area contributed by atoms with Crippen molar-refractivity contribution < 1.29 is 23.9 Å². The van der Waals surface area contributed by atoms with Crippen molar-refractivity contribution in [3.05, 3.63) is 59.7 Å². The third kappa shape index (κ3) is 4.93. The van der Waals surface area contributed by atoms with E-state index in [1.807, 2.05) is 18.2 Å². The third-order valence-corrected chi connectivity index (χ3v) is 6.94. The number of amides is 3. The first kappa shape index (κ1) is 23.0. The Bertz CT molecular complexity index is 1000. The maximum atomic E-state index is 13.2. The van der Waals surface area contributed by atoms with Gasteiger partial charge in [0, 0.05) is 49.1 Å². The van der Waals surface area contributed by atoms with Gasteiger partial charge in [-0.15, -0.1) is 11.8 Å². The quantitative estimate of drug-likeness (QED) is 0.668. The van der Waals surface area contributed by atoms with Crippen LogP contribution in [0, 0.1) is 0 Å². The van der Waals surface area contributed by atoms with Gasteiger partial charge in [-0.1, -0.05) is 18.2 Å². The molecule has 0 spiro atoms. The predicted octanol–water partition coefficient (Wildman–Crippen LogP) is 2.20. The summed E-state index contributed by atoms with van der Waals surface area (Å²) in [6.07, 6.45) is 0. The van der Waals surface area contributed by atoms with Crippen LogP contribution in [-0.4, -0.2) is 90.5 Å². The predicted molar refractivity (Wildman–Crippen MR) is 126 cm³/mol. The summed E-state index contributed by atoms with van der Waals surface area (Å²) in [7, 11) is 3.08. The van der Waals surface area contributed by atoms with E-state index in [1.54, 1.807) is 71.0 Å². The number of thioether (sulfide) groups is 1. The Hall–Kier alpha value is -3.20. The molecule has 2 aliphatic heterocycles. The topological polar surface area (TPSA) is 79.4 Å². The maximum Gasteiger partial charge on any atom is 0.255 e. The van der Waals surface area contributed by atoms with Crippen LogP contribution in [0.2, 0.25) is 0 Å². The van der Waals surface area contributed by atoms with E-state index in [-0.39, 0.29) is 17.7 Å². The SMILES string of the molecule is COc1cc(OC)cc(C(=O)N2CCN(C(=O)[C@@H]3CSCN3C(=O)c3ccccc3)CC2)c1. The number of methoxy groups -OCH3 is 2. The van der Waals surface area contributed by atoms with Crippen molar-refractivity contribution in [2.75, 3.05) is 52.0 Å². The smallest absolute Gasteiger partial charge is 0.255 e. The molecular weight excluding hydrogens is 442 g/mol. The minimum atomic E-state index is -0.479. The van der Waals surface area contributed by atoms with Crippen LogP contribution in [0.5, 0.6) is 11.5 Å². The fraction of sp³-hybridized carbons (Fsp3) is 0.375. The van der Waals surface area contributed by atoms with Crippen LogP contribution in [0.1, 0.15) is 20.7 Å². The lowest BCUT2D eigenvalue weighted by atomic mass is 10.1. The molecule has 2 fully saturated rings. The molecule has 3 amide bonds. The van der Waals surface area contributed by atoms with E-state index in [4.69, 9.17) is 9.47 Å². The summed E-state index contributed by atoms with van der Waals surface area (Å²) in [6, 6.07) is 13.7. The number of hydrogen-bond acceptors (Lipinski definition) is 6. The molecule has 0 bridgehead atoms. The average Bonchev–Trinajstić information content (AvgIpc) is 3.37.